The Balaban J connectivity index is 1.74. The van der Waals surface area contributed by atoms with Gasteiger partial charge in [-0.1, -0.05) is 41.9 Å². The van der Waals surface area contributed by atoms with Gasteiger partial charge in [0.05, 0.1) is 24.4 Å². The lowest BCUT2D eigenvalue weighted by Crippen LogP contribution is -2.50. The SMILES string of the molecule is NC(=O)C1CN(C(=O)c2cn(-c3ccccc3)nc2-c2ccc(Cl)cc2)CCO1. The molecule has 2 heterocycles. The van der Waals surface area contributed by atoms with Crippen LogP contribution in [0.15, 0.2) is 60.8 Å². The van der Waals surface area contributed by atoms with E-state index in [-0.39, 0.29) is 19.1 Å². The lowest BCUT2D eigenvalue weighted by Gasteiger charge is -2.31. The minimum absolute atomic E-state index is 0.116. The number of carbonyl (C=O) groups is 2. The smallest absolute Gasteiger partial charge is 0.257 e. The molecule has 1 aromatic heterocycles. The second kappa shape index (κ2) is 8.06. The standard InChI is InChI=1S/C21H19ClN4O3/c22-15-8-6-14(7-9-15)19-17(12-26(24-19)16-4-2-1-3-5-16)21(28)25-10-11-29-18(13-25)20(23)27/h1-9,12,18H,10-11,13H2,(H2,23,27). The number of nitrogens with zero attached hydrogens (tertiary/aromatic N) is 3. The topological polar surface area (TPSA) is 90.5 Å². The fraction of sp³-hybridized carbons (Fsp3) is 0.190. The average molecular weight is 411 g/mol. The number of ether oxygens (including phenoxy) is 1. The third-order valence-corrected chi connectivity index (χ3v) is 5.01. The summed E-state index contributed by atoms with van der Waals surface area (Å²) in [4.78, 5) is 26.4. The number of rotatable bonds is 4. The molecule has 1 aliphatic heterocycles. The number of halogens is 1. The number of nitrogens with two attached hydrogens (primary N) is 1. The van der Waals surface area contributed by atoms with Gasteiger partial charge in [-0.25, -0.2) is 4.68 Å². The maximum atomic E-state index is 13.3. The van der Waals surface area contributed by atoms with Gasteiger partial charge in [0.1, 0.15) is 5.69 Å². The number of primary amides is 1. The zero-order chi connectivity index (χ0) is 20.4. The summed E-state index contributed by atoms with van der Waals surface area (Å²) in [5, 5.41) is 5.25. The average Bonchev–Trinajstić information content (AvgIpc) is 3.20. The Morgan fingerprint density at radius 2 is 1.83 bits per heavy atom. The van der Waals surface area contributed by atoms with Crippen molar-refractivity contribution in [3.63, 3.8) is 0 Å². The number of para-hydroxylation sites is 1. The van der Waals surface area contributed by atoms with Gasteiger partial charge in [-0.3, -0.25) is 9.59 Å². The number of amides is 2. The van der Waals surface area contributed by atoms with Crippen molar-refractivity contribution in [1.29, 1.82) is 0 Å². The molecular weight excluding hydrogens is 392 g/mol. The molecule has 3 aromatic rings. The highest BCUT2D eigenvalue weighted by Crippen LogP contribution is 2.27. The van der Waals surface area contributed by atoms with Gasteiger partial charge in [-0.05, 0) is 24.3 Å². The van der Waals surface area contributed by atoms with Crippen LogP contribution in [0.3, 0.4) is 0 Å². The first-order chi connectivity index (χ1) is 14.0. The van der Waals surface area contributed by atoms with Crippen molar-refractivity contribution in [2.45, 2.75) is 6.10 Å². The van der Waals surface area contributed by atoms with Gasteiger partial charge in [0.2, 0.25) is 5.91 Å². The lowest BCUT2D eigenvalue weighted by molar-refractivity contribution is -0.133. The number of morpholine rings is 1. The van der Waals surface area contributed by atoms with Crippen LogP contribution in [-0.2, 0) is 9.53 Å². The van der Waals surface area contributed by atoms with Crippen LogP contribution in [0.25, 0.3) is 16.9 Å². The summed E-state index contributed by atoms with van der Waals surface area (Å²) in [6.07, 6.45) is 0.895. The van der Waals surface area contributed by atoms with Gasteiger partial charge >= 0.3 is 0 Å². The van der Waals surface area contributed by atoms with Crippen LogP contribution in [0.1, 0.15) is 10.4 Å². The van der Waals surface area contributed by atoms with Gasteiger partial charge in [0.25, 0.3) is 5.91 Å². The van der Waals surface area contributed by atoms with Gasteiger partial charge in [-0.2, -0.15) is 5.10 Å². The molecule has 2 aromatic carbocycles. The predicted octanol–water partition coefficient (Wildman–Crippen LogP) is 2.52. The largest absolute Gasteiger partial charge is 0.367 e. The van der Waals surface area contributed by atoms with Crippen LogP contribution < -0.4 is 5.73 Å². The molecule has 2 N–H and O–H groups in total. The quantitative estimate of drug-likeness (QED) is 0.715. The summed E-state index contributed by atoms with van der Waals surface area (Å²) >= 11 is 6.01. The van der Waals surface area contributed by atoms with E-state index in [0.717, 1.165) is 11.3 Å². The molecule has 0 radical (unpaired) electrons. The monoisotopic (exact) mass is 410 g/mol. The molecule has 2 amide bonds. The van der Waals surface area contributed by atoms with Crippen LogP contribution in [0.4, 0.5) is 0 Å². The first-order valence-corrected chi connectivity index (χ1v) is 9.52. The molecule has 1 fully saturated rings. The molecule has 0 saturated carbocycles. The Kier molecular flexibility index (Phi) is 5.33. The normalized spacial score (nSPS) is 16.6. The van der Waals surface area contributed by atoms with E-state index in [1.807, 2.05) is 42.5 Å². The molecular formula is C21H19ClN4O3. The molecule has 4 rings (SSSR count). The van der Waals surface area contributed by atoms with Crippen LogP contribution in [0, 0.1) is 0 Å². The van der Waals surface area contributed by atoms with E-state index >= 15 is 0 Å². The Labute approximate surface area is 172 Å². The third-order valence-electron chi connectivity index (χ3n) is 4.75. The van der Waals surface area contributed by atoms with E-state index in [0.29, 0.717) is 22.8 Å². The summed E-state index contributed by atoms with van der Waals surface area (Å²) in [6.45, 7) is 0.742. The molecule has 0 aliphatic carbocycles. The highest BCUT2D eigenvalue weighted by molar-refractivity contribution is 6.30. The molecule has 1 saturated heterocycles. The van der Waals surface area contributed by atoms with Crippen LogP contribution in [0.2, 0.25) is 5.02 Å². The van der Waals surface area contributed by atoms with E-state index in [4.69, 9.17) is 22.1 Å². The minimum Gasteiger partial charge on any atom is -0.367 e. The number of benzene rings is 2. The van der Waals surface area contributed by atoms with Crippen LogP contribution in [0.5, 0.6) is 0 Å². The summed E-state index contributed by atoms with van der Waals surface area (Å²) < 4.78 is 7.02. The Morgan fingerprint density at radius 1 is 1.10 bits per heavy atom. The number of hydrogen-bond acceptors (Lipinski definition) is 4. The van der Waals surface area contributed by atoms with Crippen molar-refractivity contribution in [2.24, 2.45) is 5.73 Å². The van der Waals surface area contributed by atoms with Gasteiger partial charge in [0.15, 0.2) is 6.10 Å². The zero-order valence-electron chi connectivity index (χ0n) is 15.5. The first kappa shape index (κ1) is 19.2. The first-order valence-electron chi connectivity index (χ1n) is 9.14. The van der Waals surface area contributed by atoms with Crippen molar-refractivity contribution in [3.05, 3.63) is 71.4 Å². The number of aromatic nitrogens is 2. The van der Waals surface area contributed by atoms with E-state index in [2.05, 4.69) is 5.10 Å². The number of hydrogen-bond donors (Lipinski definition) is 1. The summed E-state index contributed by atoms with van der Waals surface area (Å²) in [5.74, 6) is -0.813. The van der Waals surface area contributed by atoms with Crippen LogP contribution >= 0.6 is 11.6 Å². The van der Waals surface area contributed by atoms with Gasteiger partial charge < -0.3 is 15.4 Å². The van der Waals surface area contributed by atoms with Gasteiger partial charge in [-0.15, -0.1) is 0 Å². The predicted molar refractivity (Wildman–Crippen MR) is 109 cm³/mol. The van der Waals surface area contributed by atoms with E-state index in [1.165, 1.54) is 0 Å². The number of carbonyl (C=O) groups excluding carboxylic acids is 2. The molecule has 0 spiro atoms. The summed E-state index contributed by atoms with van der Waals surface area (Å²) in [6, 6.07) is 16.7. The van der Waals surface area contributed by atoms with E-state index < -0.39 is 12.0 Å². The molecule has 1 aliphatic rings. The molecule has 8 heteroatoms. The molecule has 1 unspecified atom stereocenters. The third kappa shape index (κ3) is 4.01. The van der Waals surface area contributed by atoms with Crippen molar-refractivity contribution in [3.8, 4) is 16.9 Å². The van der Waals surface area contributed by atoms with Crippen molar-refractivity contribution < 1.29 is 14.3 Å². The summed E-state index contributed by atoms with van der Waals surface area (Å²) in [7, 11) is 0. The maximum Gasteiger partial charge on any atom is 0.257 e. The van der Waals surface area contributed by atoms with Gasteiger partial charge in [0, 0.05) is 23.3 Å². The maximum absolute atomic E-state index is 13.3. The highest BCUT2D eigenvalue weighted by atomic mass is 35.5. The molecule has 29 heavy (non-hydrogen) atoms. The van der Waals surface area contributed by atoms with E-state index in [9.17, 15) is 9.59 Å². The molecule has 0 bridgehead atoms. The van der Waals surface area contributed by atoms with E-state index in [1.54, 1.807) is 27.9 Å². The fourth-order valence-corrected chi connectivity index (χ4v) is 3.37. The Morgan fingerprint density at radius 3 is 2.52 bits per heavy atom. The fourth-order valence-electron chi connectivity index (χ4n) is 3.24. The minimum atomic E-state index is -0.809. The second-order valence-electron chi connectivity index (χ2n) is 6.69. The molecule has 1 atom stereocenters. The van der Waals surface area contributed by atoms with Crippen molar-refractivity contribution in [2.75, 3.05) is 19.7 Å². The zero-order valence-corrected chi connectivity index (χ0v) is 16.2. The van der Waals surface area contributed by atoms with Crippen molar-refractivity contribution >= 4 is 23.4 Å². The second-order valence-corrected chi connectivity index (χ2v) is 7.13. The van der Waals surface area contributed by atoms with Crippen molar-refractivity contribution in [1.82, 2.24) is 14.7 Å². The molecule has 148 valence electrons. The lowest BCUT2D eigenvalue weighted by atomic mass is 10.1. The Hall–Kier alpha value is -3.16. The highest BCUT2D eigenvalue weighted by Gasteiger charge is 2.30. The summed E-state index contributed by atoms with van der Waals surface area (Å²) in [5.41, 5.74) is 7.93. The Bertz CT molecular complexity index is 1030. The van der Waals surface area contributed by atoms with Crippen LogP contribution in [-0.4, -0.2) is 52.3 Å². The molecule has 7 nitrogen and oxygen atoms in total.